The Bertz CT molecular complexity index is 648. The van der Waals surface area contributed by atoms with Crippen molar-refractivity contribution in [2.45, 2.75) is 30.4 Å². The molecule has 0 spiro atoms. The lowest BCUT2D eigenvalue weighted by molar-refractivity contribution is 0.577. The molecule has 0 aromatic heterocycles. The number of benzene rings is 1. The summed E-state index contributed by atoms with van der Waals surface area (Å²) < 4.78 is 38.0. The summed E-state index contributed by atoms with van der Waals surface area (Å²) in [6, 6.07) is 6.47. The summed E-state index contributed by atoms with van der Waals surface area (Å²) in [5.74, 6) is 0. The third-order valence-corrected chi connectivity index (χ3v) is 5.99. The van der Waals surface area contributed by atoms with Crippen LogP contribution in [0.2, 0.25) is 0 Å². The highest BCUT2D eigenvalue weighted by Crippen LogP contribution is 2.16. The van der Waals surface area contributed by atoms with E-state index in [1.807, 2.05) is 13.0 Å². The predicted octanol–water partition coefficient (Wildman–Crippen LogP) is 1.30. The molecule has 7 heteroatoms. The van der Waals surface area contributed by atoms with E-state index in [1.165, 1.54) is 6.07 Å². The molecule has 0 saturated carbocycles. The van der Waals surface area contributed by atoms with Gasteiger partial charge in [0.15, 0.2) is 0 Å². The first-order valence-corrected chi connectivity index (χ1v) is 9.21. The lowest BCUT2D eigenvalue weighted by Gasteiger charge is -2.11. The fourth-order valence-corrected chi connectivity index (χ4v) is 3.37. The molecule has 0 heterocycles. The lowest BCUT2D eigenvalue weighted by atomic mass is 10.2. The second kappa shape index (κ2) is 6.97. The van der Waals surface area contributed by atoms with E-state index in [4.69, 9.17) is 5.26 Å². The zero-order valence-electron chi connectivity index (χ0n) is 11.7. The van der Waals surface area contributed by atoms with Gasteiger partial charge in [0, 0.05) is 28.9 Å². The third kappa shape index (κ3) is 4.40. The van der Waals surface area contributed by atoms with Gasteiger partial charge < -0.3 is 0 Å². The van der Waals surface area contributed by atoms with E-state index in [2.05, 4.69) is 4.72 Å². The second-order valence-electron chi connectivity index (χ2n) is 4.59. The van der Waals surface area contributed by atoms with E-state index >= 15 is 0 Å². The maximum atomic E-state index is 12.2. The highest BCUT2D eigenvalue weighted by atomic mass is 32.2. The fraction of sp³-hybridized carbons (Fsp3) is 0.462. The van der Waals surface area contributed by atoms with Crippen LogP contribution in [-0.2, 0) is 20.8 Å². The molecule has 110 valence electrons. The number of rotatable bonds is 6. The molecule has 1 N–H and O–H groups in total. The zero-order valence-corrected chi connectivity index (χ0v) is 13.3. The molecule has 5 nitrogen and oxygen atoms in total. The molecule has 0 aliphatic rings. The normalized spacial score (nSPS) is 14.5. The molecule has 0 bridgehead atoms. The van der Waals surface area contributed by atoms with Gasteiger partial charge in [-0.15, -0.1) is 0 Å². The van der Waals surface area contributed by atoms with Gasteiger partial charge in [-0.25, -0.2) is 13.1 Å². The van der Waals surface area contributed by atoms with Crippen molar-refractivity contribution < 1.29 is 12.6 Å². The Labute approximate surface area is 122 Å². The SMILES string of the molecule is Cc1ccc(C#N)cc1S(=O)(=O)NCCC(C)S(C)=O. The van der Waals surface area contributed by atoms with Crippen molar-refractivity contribution in [3.8, 4) is 6.07 Å². The molecule has 2 atom stereocenters. The van der Waals surface area contributed by atoms with Crippen LogP contribution < -0.4 is 4.72 Å². The van der Waals surface area contributed by atoms with Crippen LogP contribution >= 0.6 is 0 Å². The molecule has 1 rings (SSSR count). The van der Waals surface area contributed by atoms with Gasteiger partial charge >= 0.3 is 0 Å². The quantitative estimate of drug-likeness (QED) is 0.857. The molecular weight excluding hydrogens is 296 g/mol. The molecular formula is C13H18N2O3S2. The summed E-state index contributed by atoms with van der Waals surface area (Å²) in [7, 11) is -4.62. The third-order valence-electron chi connectivity index (χ3n) is 3.02. The van der Waals surface area contributed by atoms with E-state index in [0.29, 0.717) is 17.5 Å². The number of nitrogens with zero attached hydrogens (tertiary/aromatic N) is 1. The molecule has 20 heavy (non-hydrogen) atoms. The Morgan fingerprint density at radius 3 is 2.65 bits per heavy atom. The molecule has 2 unspecified atom stereocenters. The van der Waals surface area contributed by atoms with Gasteiger partial charge in [0.05, 0.1) is 16.5 Å². The summed E-state index contributed by atoms with van der Waals surface area (Å²) in [6.07, 6.45) is 2.10. The van der Waals surface area contributed by atoms with Crippen molar-refractivity contribution in [3.63, 3.8) is 0 Å². The van der Waals surface area contributed by atoms with Gasteiger partial charge in [-0.05, 0) is 31.0 Å². The molecule has 1 aromatic rings. The van der Waals surface area contributed by atoms with Gasteiger partial charge in [0.1, 0.15) is 0 Å². The largest absolute Gasteiger partial charge is 0.260 e. The molecule has 0 aliphatic heterocycles. The molecule has 0 saturated heterocycles. The highest BCUT2D eigenvalue weighted by Gasteiger charge is 2.17. The van der Waals surface area contributed by atoms with Crippen LogP contribution in [0, 0.1) is 18.3 Å². The Balaban J connectivity index is 2.85. The maximum absolute atomic E-state index is 12.2. The minimum Gasteiger partial charge on any atom is -0.260 e. The number of hydrogen-bond acceptors (Lipinski definition) is 4. The van der Waals surface area contributed by atoms with E-state index in [9.17, 15) is 12.6 Å². The van der Waals surface area contributed by atoms with Crippen LogP contribution in [0.25, 0.3) is 0 Å². The van der Waals surface area contributed by atoms with Crippen molar-refractivity contribution in [3.05, 3.63) is 29.3 Å². The number of aryl methyl sites for hydroxylation is 1. The number of nitriles is 1. The fourth-order valence-electron chi connectivity index (χ4n) is 1.60. The number of nitrogens with one attached hydrogen (secondary N) is 1. The van der Waals surface area contributed by atoms with Crippen molar-refractivity contribution in [1.82, 2.24) is 4.72 Å². The van der Waals surface area contributed by atoms with Gasteiger partial charge in [-0.3, -0.25) is 4.21 Å². The van der Waals surface area contributed by atoms with Crippen molar-refractivity contribution in [2.24, 2.45) is 0 Å². The predicted molar refractivity (Wildman–Crippen MR) is 79.2 cm³/mol. The van der Waals surface area contributed by atoms with Crippen LogP contribution in [0.3, 0.4) is 0 Å². The van der Waals surface area contributed by atoms with Crippen LogP contribution in [0.1, 0.15) is 24.5 Å². The van der Waals surface area contributed by atoms with E-state index in [1.54, 1.807) is 25.3 Å². The summed E-state index contributed by atoms with van der Waals surface area (Å²) >= 11 is 0. The summed E-state index contributed by atoms with van der Waals surface area (Å²) in [4.78, 5) is 0.113. The monoisotopic (exact) mass is 314 g/mol. The van der Waals surface area contributed by atoms with Crippen LogP contribution in [-0.4, -0.2) is 30.7 Å². The topological polar surface area (TPSA) is 87.0 Å². The molecule has 1 aromatic carbocycles. The summed E-state index contributed by atoms with van der Waals surface area (Å²) in [5.41, 5.74) is 0.891. The Morgan fingerprint density at radius 2 is 2.10 bits per heavy atom. The van der Waals surface area contributed by atoms with Crippen molar-refractivity contribution in [1.29, 1.82) is 5.26 Å². The van der Waals surface area contributed by atoms with E-state index in [-0.39, 0.29) is 16.7 Å². The molecule has 0 fully saturated rings. The Morgan fingerprint density at radius 1 is 1.45 bits per heavy atom. The smallest absolute Gasteiger partial charge is 0.240 e. The van der Waals surface area contributed by atoms with Crippen LogP contribution in [0.4, 0.5) is 0 Å². The van der Waals surface area contributed by atoms with Crippen molar-refractivity contribution in [2.75, 3.05) is 12.8 Å². The molecule has 0 aliphatic carbocycles. The second-order valence-corrected chi connectivity index (χ2v) is 8.13. The van der Waals surface area contributed by atoms with Gasteiger partial charge in [0.2, 0.25) is 10.0 Å². The first kappa shape index (κ1) is 16.8. The zero-order chi connectivity index (χ0) is 15.3. The maximum Gasteiger partial charge on any atom is 0.240 e. The summed E-state index contributed by atoms with van der Waals surface area (Å²) in [6.45, 7) is 3.71. The van der Waals surface area contributed by atoms with E-state index < -0.39 is 20.8 Å². The van der Waals surface area contributed by atoms with Crippen LogP contribution in [0.15, 0.2) is 23.1 Å². The first-order valence-electron chi connectivity index (χ1n) is 6.10. The molecule has 0 radical (unpaired) electrons. The van der Waals surface area contributed by atoms with Crippen LogP contribution in [0.5, 0.6) is 0 Å². The Hall–Kier alpha value is -1.23. The number of sulfonamides is 1. The van der Waals surface area contributed by atoms with Gasteiger partial charge in [-0.1, -0.05) is 13.0 Å². The van der Waals surface area contributed by atoms with Crippen molar-refractivity contribution >= 4 is 20.8 Å². The average Bonchev–Trinajstić information content (AvgIpc) is 2.38. The highest BCUT2D eigenvalue weighted by molar-refractivity contribution is 7.89. The summed E-state index contributed by atoms with van der Waals surface area (Å²) in [5, 5.41) is 8.76. The van der Waals surface area contributed by atoms with Gasteiger partial charge in [-0.2, -0.15) is 5.26 Å². The van der Waals surface area contributed by atoms with Gasteiger partial charge in [0.25, 0.3) is 0 Å². The average molecular weight is 314 g/mol. The standard InChI is InChI=1S/C13H18N2O3S2/c1-10-4-5-12(9-14)8-13(10)20(17,18)15-7-6-11(2)19(3)16/h4-5,8,11,15H,6-7H2,1-3H3. The lowest BCUT2D eigenvalue weighted by Crippen LogP contribution is -2.28. The van der Waals surface area contributed by atoms with E-state index in [0.717, 1.165) is 0 Å². The first-order chi connectivity index (χ1) is 9.27. The minimum absolute atomic E-state index is 0.0655. The Kier molecular flexibility index (Phi) is 5.87. The molecule has 0 amide bonds. The number of hydrogen-bond donors (Lipinski definition) is 1. The minimum atomic E-state index is -3.64.